The van der Waals surface area contributed by atoms with Crippen molar-refractivity contribution in [3.63, 3.8) is 0 Å². The van der Waals surface area contributed by atoms with Crippen LogP contribution in [0.4, 0.5) is 0 Å². The molecule has 100 valence electrons. The summed E-state index contributed by atoms with van der Waals surface area (Å²) < 4.78 is 0. The van der Waals surface area contributed by atoms with Gasteiger partial charge in [0.1, 0.15) is 0 Å². The summed E-state index contributed by atoms with van der Waals surface area (Å²) in [6.07, 6.45) is 2.42. The molecule has 1 aromatic rings. The van der Waals surface area contributed by atoms with Crippen LogP contribution in [-0.2, 0) is 6.54 Å². The Kier molecular flexibility index (Phi) is 5.31. The maximum Gasteiger partial charge on any atom is 0.0595 e. The largest absolute Gasteiger partial charge is 0.315 e. The van der Waals surface area contributed by atoms with Gasteiger partial charge < -0.3 is 5.32 Å². The predicted octanol–water partition coefficient (Wildman–Crippen LogP) is 3.57. The van der Waals surface area contributed by atoms with Crippen molar-refractivity contribution in [3.8, 4) is 0 Å². The monoisotopic (exact) mass is 286 g/mol. The van der Waals surface area contributed by atoms with E-state index in [1.54, 1.807) is 0 Å². The number of rotatable bonds is 5. The molecule has 1 aliphatic rings. The van der Waals surface area contributed by atoms with Gasteiger partial charge in [-0.15, -0.1) is 0 Å². The minimum atomic E-state index is 0.630. The molecule has 2 nitrogen and oxygen atoms in total. The highest BCUT2D eigenvalue weighted by Crippen LogP contribution is 2.24. The quantitative estimate of drug-likeness (QED) is 0.890. The van der Waals surface area contributed by atoms with Crippen LogP contribution in [0.3, 0.4) is 0 Å². The van der Waals surface area contributed by atoms with Crippen LogP contribution in [0.15, 0.2) is 18.2 Å². The molecule has 0 spiro atoms. The van der Waals surface area contributed by atoms with Crippen molar-refractivity contribution in [3.05, 3.63) is 33.8 Å². The summed E-state index contributed by atoms with van der Waals surface area (Å²) in [5.41, 5.74) is 1.24. The third-order valence-electron chi connectivity index (χ3n) is 3.43. The van der Waals surface area contributed by atoms with Crippen LogP contribution in [-0.4, -0.2) is 30.6 Å². The van der Waals surface area contributed by atoms with Gasteiger partial charge in [-0.1, -0.05) is 36.2 Å². The van der Waals surface area contributed by atoms with E-state index < -0.39 is 0 Å². The number of hydrogen-bond acceptors (Lipinski definition) is 2. The molecule has 4 heteroatoms. The fourth-order valence-corrected chi connectivity index (χ4v) is 2.82. The maximum atomic E-state index is 6.07. The van der Waals surface area contributed by atoms with Gasteiger partial charge in [-0.25, -0.2) is 0 Å². The Hall–Kier alpha value is -0.280. The molecule has 1 fully saturated rings. The fraction of sp³-hybridized carbons (Fsp3) is 0.571. The highest BCUT2D eigenvalue weighted by molar-refractivity contribution is 6.42. The van der Waals surface area contributed by atoms with Crippen LogP contribution < -0.4 is 5.32 Å². The van der Waals surface area contributed by atoms with Crippen molar-refractivity contribution in [2.75, 3.05) is 19.6 Å². The zero-order valence-corrected chi connectivity index (χ0v) is 12.3. The summed E-state index contributed by atoms with van der Waals surface area (Å²) in [5, 5.41) is 4.71. The SMILES string of the molecule is CCCN(Cc1ccc(Cl)c(Cl)c1)C1CCNC1. The topological polar surface area (TPSA) is 15.3 Å². The van der Waals surface area contributed by atoms with Crippen molar-refractivity contribution in [1.82, 2.24) is 10.2 Å². The lowest BCUT2D eigenvalue weighted by Gasteiger charge is -2.28. The van der Waals surface area contributed by atoms with Crippen molar-refractivity contribution in [2.45, 2.75) is 32.4 Å². The fourth-order valence-electron chi connectivity index (χ4n) is 2.50. The molecule has 1 saturated heterocycles. The Balaban J connectivity index is 2.04. The first-order chi connectivity index (χ1) is 8.70. The molecule has 0 bridgehead atoms. The van der Waals surface area contributed by atoms with E-state index in [-0.39, 0.29) is 0 Å². The molecule has 0 aromatic heterocycles. The number of nitrogens with one attached hydrogen (secondary N) is 1. The molecule has 2 rings (SSSR count). The molecule has 18 heavy (non-hydrogen) atoms. The Bertz CT molecular complexity index is 389. The van der Waals surface area contributed by atoms with Crippen LogP contribution in [0.5, 0.6) is 0 Å². The van der Waals surface area contributed by atoms with Crippen molar-refractivity contribution < 1.29 is 0 Å². The first kappa shape index (κ1) is 14.1. The lowest BCUT2D eigenvalue weighted by Crippen LogP contribution is -2.36. The molecule has 1 atom stereocenters. The van der Waals surface area contributed by atoms with Gasteiger partial charge in [-0.3, -0.25) is 4.90 Å². The second-order valence-electron chi connectivity index (χ2n) is 4.87. The molecular formula is C14H20Cl2N2. The average Bonchev–Trinajstić information content (AvgIpc) is 2.87. The van der Waals surface area contributed by atoms with Crippen molar-refractivity contribution in [1.29, 1.82) is 0 Å². The summed E-state index contributed by atoms with van der Waals surface area (Å²) >= 11 is 12.0. The zero-order chi connectivity index (χ0) is 13.0. The molecule has 0 aliphatic carbocycles. The minimum absolute atomic E-state index is 0.630. The van der Waals surface area contributed by atoms with Crippen LogP contribution in [0.25, 0.3) is 0 Å². The van der Waals surface area contributed by atoms with Gasteiger partial charge in [0.25, 0.3) is 0 Å². The summed E-state index contributed by atoms with van der Waals surface area (Å²) in [6, 6.07) is 6.59. The van der Waals surface area contributed by atoms with Gasteiger partial charge in [-0.2, -0.15) is 0 Å². The Morgan fingerprint density at radius 1 is 1.33 bits per heavy atom. The normalized spacial score (nSPS) is 19.7. The minimum Gasteiger partial charge on any atom is -0.315 e. The summed E-state index contributed by atoms with van der Waals surface area (Å²) in [7, 11) is 0. The summed E-state index contributed by atoms with van der Waals surface area (Å²) in [5.74, 6) is 0. The standard InChI is InChI=1S/C14H20Cl2N2/c1-2-7-18(12-5-6-17-9-12)10-11-3-4-13(15)14(16)8-11/h3-4,8,12,17H,2,5-7,9-10H2,1H3. The van der Waals surface area contributed by atoms with Gasteiger partial charge in [0.15, 0.2) is 0 Å². The zero-order valence-electron chi connectivity index (χ0n) is 10.8. The van der Waals surface area contributed by atoms with Crippen LogP contribution in [0.2, 0.25) is 10.0 Å². The number of hydrogen-bond donors (Lipinski definition) is 1. The van der Waals surface area contributed by atoms with Gasteiger partial charge in [0.2, 0.25) is 0 Å². The van der Waals surface area contributed by atoms with E-state index in [4.69, 9.17) is 23.2 Å². The third-order valence-corrected chi connectivity index (χ3v) is 4.17. The first-order valence-electron chi connectivity index (χ1n) is 6.59. The second kappa shape index (κ2) is 6.76. The lowest BCUT2D eigenvalue weighted by atomic mass is 10.1. The van der Waals surface area contributed by atoms with E-state index in [1.165, 1.54) is 18.4 Å². The molecule has 1 aromatic carbocycles. The van der Waals surface area contributed by atoms with Crippen LogP contribution >= 0.6 is 23.2 Å². The number of halogens is 2. The highest BCUT2D eigenvalue weighted by Gasteiger charge is 2.21. The van der Waals surface area contributed by atoms with Gasteiger partial charge >= 0.3 is 0 Å². The van der Waals surface area contributed by atoms with Crippen molar-refractivity contribution in [2.24, 2.45) is 0 Å². The van der Waals surface area contributed by atoms with Gasteiger partial charge in [0, 0.05) is 19.1 Å². The van der Waals surface area contributed by atoms with Crippen molar-refractivity contribution >= 4 is 23.2 Å². The van der Waals surface area contributed by atoms with Crippen LogP contribution in [0, 0.1) is 0 Å². The van der Waals surface area contributed by atoms with Gasteiger partial charge in [-0.05, 0) is 43.6 Å². The Morgan fingerprint density at radius 2 is 2.17 bits per heavy atom. The van der Waals surface area contributed by atoms with E-state index in [0.717, 1.165) is 26.2 Å². The molecule has 0 amide bonds. The van der Waals surface area contributed by atoms with E-state index in [9.17, 15) is 0 Å². The molecule has 1 aliphatic heterocycles. The molecule has 1 unspecified atom stereocenters. The summed E-state index contributed by atoms with van der Waals surface area (Å²) in [4.78, 5) is 2.54. The average molecular weight is 287 g/mol. The smallest absolute Gasteiger partial charge is 0.0595 e. The molecule has 1 heterocycles. The molecule has 0 radical (unpaired) electrons. The van der Waals surface area contributed by atoms with Gasteiger partial charge in [0.05, 0.1) is 10.0 Å². The Labute approximate surface area is 119 Å². The van der Waals surface area contributed by atoms with E-state index in [1.807, 2.05) is 12.1 Å². The Morgan fingerprint density at radius 3 is 2.78 bits per heavy atom. The first-order valence-corrected chi connectivity index (χ1v) is 7.35. The van der Waals surface area contributed by atoms with E-state index in [0.29, 0.717) is 16.1 Å². The summed E-state index contributed by atoms with van der Waals surface area (Å²) in [6.45, 7) is 6.54. The maximum absolute atomic E-state index is 6.07. The van der Waals surface area contributed by atoms with E-state index >= 15 is 0 Å². The predicted molar refractivity (Wildman–Crippen MR) is 78.4 cm³/mol. The second-order valence-corrected chi connectivity index (χ2v) is 5.68. The number of nitrogens with zero attached hydrogens (tertiary/aromatic N) is 1. The molecular weight excluding hydrogens is 267 g/mol. The lowest BCUT2D eigenvalue weighted by molar-refractivity contribution is 0.199. The third kappa shape index (κ3) is 3.61. The highest BCUT2D eigenvalue weighted by atomic mass is 35.5. The number of benzene rings is 1. The molecule has 0 saturated carbocycles. The van der Waals surface area contributed by atoms with Crippen LogP contribution in [0.1, 0.15) is 25.3 Å². The molecule has 1 N–H and O–H groups in total. The van der Waals surface area contributed by atoms with E-state index in [2.05, 4.69) is 23.2 Å².